The van der Waals surface area contributed by atoms with Gasteiger partial charge in [-0.2, -0.15) is 0 Å². The van der Waals surface area contributed by atoms with Crippen molar-refractivity contribution in [3.05, 3.63) is 28.7 Å². The van der Waals surface area contributed by atoms with Crippen LogP contribution in [-0.4, -0.2) is 19.0 Å². The number of hydrogen-bond donors (Lipinski definition) is 2. The third kappa shape index (κ3) is 2.79. The van der Waals surface area contributed by atoms with Crippen LogP contribution in [0.15, 0.2) is 28.7 Å². The summed E-state index contributed by atoms with van der Waals surface area (Å²) in [7, 11) is 0. The van der Waals surface area contributed by atoms with Crippen LogP contribution in [-0.2, 0) is 4.79 Å². The SMILES string of the molecule is O=C(Nc1cccc(Br)c1)[C@@H]1CCNC1. The van der Waals surface area contributed by atoms with Crippen molar-refractivity contribution in [3.8, 4) is 0 Å². The molecule has 0 radical (unpaired) electrons. The van der Waals surface area contributed by atoms with Gasteiger partial charge in [-0.25, -0.2) is 0 Å². The van der Waals surface area contributed by atoms with Crippen molar-refractivity contribution < 1.29 is 4.79 Å². The Hall–Kier alpha value is -0.870. The predicted octanol–water partition coefficient (Wildman–Crippen LogP) is 2.00. The van der Waals surface area contributed by atoms with Crippen LogP contribution in [0.3, 0.4) is 0 Å². The van der Waals surface area contributed by atoms with Crippen LogP contribution in [0.5, 0.6) is 0 Å². The second-order valence-corrected chi connectivity index (χ2v) is 4.60. The molecule has 0 unspecified atom stereocenters. The van der Waals surface area contributed by atoms with Crippen LogP contribution >= 0.6 is 15.9 Å². The summed E-state index contributed by atoms with van der Waals surface area (Å²) < 4.78 is 0.977. The van der Waals surface area contributed by atoms with Crippen molar-refractivity contribution in [1.82, 2.24) is 5.32 Å². The lowest BCUT2D eigenvalue weighted by atomic mass is 10.1. The molecule has 1 amide bonds. The maximum absolute atomic E-state index is 11.8. The molecule has 1 fully saturated rings. The van der Waals surface area contributed by atoms with Crippen LogP contribution in [0.1, 0.15) is 6.42 Å². The summed E-state index contributed by atoms with van der Waals surface area (Å²) in [5.74, 6) is 0.224. The zero-order valence-electron chi connectivity index (χ0n) is 8.29. The highest BCUT2D eigenvalue weighted by Gasteiger charge is 2.22. The summed E-state index contributed by atoms with van der Waals surface area (Å²) in [4.78, 5) is 11.8. The average Bonchev–Trinajstić information content (AvgIpc) is 2.70. The quantitative estimate of drug-likeness (QED) is 0.862. The minimum Gasteiger partial charge on any atom is -0.326 e. The minimum atomic E-state index is 0.109. The van der Waals surface area contributed by atoms with Crippen LogP contribution in [0.4, 0.5) is 5.69 Å². The van der Waals surface area contributed by atoms with Crippen molar-refractivity contribution in [2.45, 2.75) is 6.42 Å². The Labute approximate surface area is 97.4 Å². The Kier molecular flexibility index (Phi) is 3.38. The van der Waals surface area contributed by atoms with Gasteiger partial charge in [-0.15, -0.1) is 0 Å². The first-order valence-electron chi connectivity index (χ1n) is 5.03. The molecule has 0 aliphatic carbocycles. The van der Waals surface area contributed by atoms with Crippen LogP contribution in [0.2, 0.25) is 0 Å². The van der Waals surface area contributed by atoms with E-state index >= 15 is 0 Å². The first kappa shape index (κ1) is 10.6. The largest absolute Gasteiger partial charge is 0.326 e. The highest BCUT2D eigenvalue weighted by Crippen LogP contribution is 2.17. The number of halogens is 1. The number of carbonyl (C=O) groups excluding carboxylic acids is 1. The van der Waals surface area contributed by atoms with E-state index in [0.29, 0.717) is 0 Å². The third-order valence-electron chi connectivity index (χ3n) is 2.52. The summed E-state index contributed by atoms with van der Waals surface area (Å²) in [5, 5.41) is 6.10. The fourth-order valence-electron chi connectivity index (χ4n) is 1.69. The van der Waals surface area contributed by atoms with Crippen LogP contribution in [0.25, 0.3) is 0 Å². The Morgan fingerprint density at radius 1 is 1.53 bits per heavy atom. The smallest absolute Gasteiger partial charge is 0.228 e. The molecule has 1 aromatic carbocycles. The highest BCUT2D eigenvalue weighted by atomic mass is 79.9. The standard InChI is InChI=1S/C11H13BrN2O/c12-9-2-1-3-10(6-9)14-11(15)8-4-5-13-7-8/h1-3,6,8,13H,4-5,7H2,(H,14,15)/t8-/m1/s1. The first-order valence-corrected chi connectivity index (χ1v) is 5.82. The van der Waals surface area contributed by atoms with Gasteiger partial charge in [0.1, 0.15) is 0 Å². The van der Waals surface area contributed by atoms with Gasteiger partial charge >= 0.3 is 0 Å². The summed E-state index contributed by atoms with van der Waals surface area (Å²) >= 11 is 3.37. The maximum atomic E-state index is 11.8. The summed E-state index contributed by atoms with van der Waals surface area (Å²) in [6.07, 6.45) is 0.930. The molecule has 15 heavy (non-hydrogen) atoms. The highest BCUT2D eigenvalue weighted by molar-refractivity contribution is 9.10. The number of nitrogens with one attached hydrogen (secondary N) is 2. The third-order valence-corrected chi connectivity index (χ3v) is 3.02. The normalized spacial score (nSPS) is 20.2. The Bertz CT molecular complexity index is 361. The van der Waals surface area contributed by atoms with Gasteiger partial charge in [0.2, 0.25) is 5.91 Å². The summed E-state index contributed by atoms with van der Waals surface area (Å²) in [5.41, 5.74) is 0.848. The molecule has 0 spiro atoms. The summed E-state index contributed by atoms with van der Waals surface area (Å²) in [6, 6.07) is 7.64. The van der Waals surface area contributed by atoms with E-state index in [1.54, 1.807) is 0 Å². The van der Waals surface area contributed by atoms with E-state index in [2.05, 4.69) is 26.6 Å². The van der Waals surface area contributed by atoms with Gasteiger partial charge in [0.15, 0.2) is 0 Å². The Morgan fingerprint density at radius 3 is 3.07 bits per heavy atom. The van der Waals surface area contributed by atoms with Gasteiger partial charge in [-0.3, -0.25) is 4.79 Å². The second-order valence-electron chi connectivity index (χ2n) is 3.69. The molecule has 2 N–H and O–H groups in total. The van der Waals surface area contributed by atoms with Gasteiger partial charge in [0.25, 0.3) is 0 Å². The number of rotatable bonds is 2. The number of hydrogen-bond acceptors (Lipinski definition) is 2. The fraction of sp³-hybridized carbons (Fsp3) is 0.364. The molecule has 0 bridgehead atoms. The fourth-order valence-corrected chi connectivity index (χ4v) is 2.09. The number of anilines is 1. The summed E-state index contributed by atoms with van der Waals surface area (Å²) in [6.45, 7) is 1.73. The molecule has 1 aliphatic heterocycles. The van der Waals surface area contributed by atoms with Gasteiger partial charge in [0.05, 0.1) is 5.92 Å². The van der Waals surface area contributed by atoms with Crippen LogP contribution in [0, 0.1) is 5.92 Å². The predicted molar refractivity (Wildman–Crippen MR) is 63.7 cm³/mol. The molecular weight excluding hydrogens is 256 g/mol. The topological polar surface area (TPSA) is 41.1 Å². The van der Waals surface area contributed by atoms with E-state index < -0.39 is 0 Å². The van der Waals surface area contributed by atoms with E-state index in [1.807, 2.05) is 24.3 Å². The molecular formula is C11H13BrN2O. The van der Waals surface area contributed by atoms with Gasteiger partial charge < -0.3 is 10.6 Å². The van der Waals surface area contributed by atoms with Crippen molar-refractivity contribution in [2.24, 2.45) is 5.92 Å². The molecule has 80 valence electrons. The first-order chi connectivity index (χ1) is 7.25. The number of carbonyl (C=O) groups is 1. The van der Waals surface area contributed by atoms with Gasteiger partial charge in [-0.1, -0.05) is 22.0 Å². The zero-order valence-corrected chi connectivity index (χ0v) is 9.88. The van der Waals surface area contributed by atoms with Crippen molar-refractivity contribution in [1.29, 1.82) is 0 Å². The van der Waals surface area contributed by atoms with E-state index in [9.17, 15) is 4.79 Å². The lowest BCUT2D eigenvalue weighted by Gasteiger charge is -2.09. The molecule has 1 saturated heterocycles. The molecule has 3 nitrogen and oxygen atoms in total. The molecule has 1 atom stereocenters. The Balaban J connectivity index is 1.99. The Morgan fingerprint density at radius 2 is 2.40 bits per heavy atom. The number of amides is 1. The van der Waals surface area contributed by atoms with E-state index in [-0.39, 0.29) is 11.8 Å². The second kappa shape index (κ2) is 4.77. The lowest BCUT2D eigenvalue weighted by Crippen LogP contribution is -2.24. The average molecular weight is 269 g/mol. The zero-order chi connectivity index (χ0) is 10.7. The van der Waals surface area contributed by atoms with E-state index in [1.165, 1.54) is 0 Å². The molecule has 2 rings (SSSR count). The monoisotopic (exact) mass is 268 g/mol. The van der Waals surface area contributed by atoms with Crippen molar-refractivity contribution in [3.63, 3.8) is 0 Å². The van der Waals surface area contributed by atoms with Gasteiger partial charge in [-0.05, 0) is 31.2 Å². The van der Waals surface area contributed by atoms with Gasteiger partial charge in [0, 0.05) is 16.7 Å². The van der Waals surface area contributed by atoms with Crippen molar-refractivity contribution in [2.75, 3.05) is 18.4 Å². The van der Waals surface area contributed by atoms with Crippen LogP contribution < -0.4 is 10.6 Å². The van der Waals surface area contributed by atoms with E-state index in [4.69, 9.17) is 0 Å². The molecule has 0 saturated carbocycles. The van der Waals surface area contributed by atoms with Crippen molar-refractivity contribution >= 4 is 27.5 Å². The van der Waals surface area contributed by atoms with E-state index in [0.717, 1.165) is 29.7 Å². The minimum absolute atomic E-state index is 0.109. The lowest BCUT2D eigenvalue weighted by molar-refractivity contribution is -0.119. The molecule has 1 aliphatic rings. The molecule has 0 aromatic heterocycles. The molecule has 1 aromatic rings. The molecule has 1 heterocycles. The molecule has 4 heteroatoms. The maximum Gasteiger partial charge on any atom is 0.228 e. The number of benzene rings is 1.